The molecule has 0 N–H and O–H groups in total. The van der Waals surface area contributed by atoms with E-state index in [-0.39, 0.29) is 21.8 Å². The van der Waals surface area contributed by atoms with E-state index in [1.54, 1.807) is 11.8 Å². The van der Waals surface area contributed by atoms with Crippen LogP contribution in [-0.4, -0.2) is 46.5 Å². The average Bonchev–Trinajstić information content (AvgIpc) is 2.58. The third-order valence-electron chi connectivity index (χ3n) is 3.07. The number of amides is 2. The Kier molecular flexibility index (Phi) is 7.03. The van der Waals surface area contributed by atoms with Gasteiger partial charge >= 0.3 is 0 Å². The summed E-state index contributed by atoms with van der Waals surface area (Å²) in [6.07, 6.45) is 3.22. The van der Waals surface area contributed by atoms with Gasteiger partial charge in [-0.25, -0.2) is 0 Å². The van der Waals surface area contributed by atoms with Crippen molar-refractivity contribution in [3.05, 3.63) is 0 Å². The molecular formula is C15H27NO3S. The number of thioether (sulfide) groups is 1. The lowest BCUT2D eigenvalue weighted by Gasteiger charge is -2.21. The van der Waals surface area contributed by atoms with E-state index >= 15 is 0 Å². The number of hydrogen-bond acceptors (Lipinski definition) is 4. The number of likely N-dealkylation sites (tertiary alicyclic amines) is 1. The van der Waals surface area contributed by atoms with E-state index in [1.165, 1.54) is 4.90 Å². The normalized spacial score (nSPS) is 20.0. The first-order chi connectivity index (χ1) is 9.35. The number of nitrogens with zero attached hydrogens (tertiary/aromatic N) is 1. The second kappa shape index (κ2) is 8.03. The second-order valence-corrected chi connectivity index (χ2v) is 8.09. The van der Waals surface area contributed by atoms with Crippen molar-refractivity contribution in [1.82, 2.24) is 4.90 Å². The van der Waals surface area contributed by atoms with Gasteiger partial charge in [0.2, 0.25) is 11.8 Å². The second-order valence-electron chi connectivity index (χ2n) is 6.06. The van der Waals surface area contributed by atoms with Crippen LogP contribution in [0.2, 0.25) is 0 Å². The van der Waals surface area contributed by atoms with Crippen LogP contribution in [0.15, 0.2) is 0 Å². The van der Waals surface area contributed by atoms with Gasteiger partial charge < -0.3 is 4.74 Å². The first-order valence-corrected chi connectivity index (χ1v) is 8.33. The molecule has 1 aliphatic heterocycles. The first-order valence-electron chi connectivity index (χ1n) is 7.45. The molecule has 1 unspecified atom stereocenters. The molecule has 0 bridgehead atoms. The van der Waals surface area contributed by atoms with E-state index in [4.69, 9.17) is 4.74 Å². The summed E-state index contributed by atoms with van der Waals surface area (Å²) in [6.45, 7) is 10.3. The molecule has 0 aromatic rings. The number of carbonyl (C=O) groups is 2. The molecule has 1 saturated heterocycles. The van der Waals surface area contributed by atoms with E-state index in [0.29, 0.717) is 13.0 Å². The summed E-state index contributed by atoms with van der Waals surface area (Å²) in [5.41, 5.74) is 0. The molecule has 1 aliphatic rings. The Bertz CT molecular complexity index is 339. The molecule has 0 saturated carbocycles. The van der Waals surface area contributed by atoms with Gasteiger partial charge in [0.05, 0.1) is 5.25 Å². The number of imide groups is 1. The molecular weight excluding hydrogens is 274 g/mol. The Balaban J connectivity index is 2.32. The van der Waals surface area contributed by atoms with Gasteiger partial charge in [-0.05, 0) is 26.2 Å². The van der Waals surface area contributed by atoms with Crippen molar-refractivity contribution in [3.63, 3.8) is 0 Å². The molecule has 0 aliphatic carbocycles. The molecule has 4 nitrogen and oxygen atoms in total. The molecule has 0 aromatic carbocycles. The van der Waals surface area contributed by atoms with Crippen LogP contribution in [0.1, 0.15) is 53.4 Å². The summed E-state index contributed by atoms with van der Waals surface area (Å²) in [5, 5.41) is -0.189. The summed E-state index contributed by atoms with van der Waals surface area (Å²) in [7, 11) is 0. The van der Waals surface area contributed by atoms with Crippen LogP contribution < -0.4 is 0 Å². The van der Waals surface area contributed by atoms with Crippen molar-refractivity contribution in [1.29, 1.82) is 0 Å². The molecule has 1 rings (SSSR count). The van der Waals surface area contributed by atoms with Crippen LogP contribution in [0, 0.1) is 0 Å². The zero-order valence-corrected chi connectivity index (χ0v) is 13.9. The maximum atomic E-state index is 12.2. The Labute approximate surface area is 126 Å². The van der Waals surface area contributed by atoms with E-state index in [0.717, 1.165) is 32.5 Å². The maximum absolute atomic E-state index is 12.2. The van der Waals surface area contributed by atoms with E-state index in [1.807, 2.05) is 6.92 Å². The highest BCUT2D eigenvalue weighted by Crippen LogP contribution is 2.34. The van der Waals surface area contributed by atoms with Gasteiger partial charge in [0.15, 0.2) is 0 Å². The average molecular weight is 301 g/mol. The SMILES string of the molecule is CCOCCCCCN1C(=O)CC(SC(C)(C)C)C1=O. The third kappa shape index (κ3) is 5.83. The predicted octanol–water partition coefficient (Wildman–Crippen LogP) is 2.85. The smallest absolute Gasteiger partial charge is 0.242 e. The number of hydrogen-bond donors (Lipinski definition) is 0. The lowest BCUT2D eigenvalue weighted by atomic mass is 10.2. The Morgan fingerprint density at radius 1 is 1.25 bits per heavy atom. The zero-order valence-electron chi connectivity index (χ0n) is 13.1. The summed E-state index contributed by atoms with van der Waals surface area (Å²) in [6, 6.07) is 0. The molecule has 0 radical (unpaired) electrons. The minimum absolute atomic E-state index is 0.000247. The molecule has 0 spiro atoms. The Morgan fingerprint density at radius 2 is 1.95 bits per heavy atom. The zero-order chi connectivity index (χ0) is 15.2. The van der Waals surface area contributed by atoms with Gasteiger partial charge in [-0.15, -0.1) is 11.8 Å². The Hall–Kier alpha value is -0.550. The van der Waals surface area contributed by atoms with Crippen molar-refractivity contribution in [2.24, 2.45) is 0 Å². The summed E-state index contributed by atoms with van der Waals surface area (Å²) < 4.78 is 5.28. The van der Waals surface area contributed by atoms with Gasteiger partial charge in [-0.3, -0.25) is 14.5 Å². The molecule has 116 valence electrons. The molecule has 2 amide bonds. The van der Waals surface area contributed by atoms with E-state index in [9.17, 15) is 9.59 Å². The van der Waals surface area contributed by atoms with Crippen molar-refractivity contribution < 1.29 is 14.3 Å². The first kappa shape index (κ1) is 17.5. The van der Waals surface area contributed by atoms with Crippen LogP contribution in [0.4, 0.5) is 0 Å². The fourth-order valence-electron chi connectivity index (χ4n) is 2.20. The summed E-state index contributed by atoms with van der Waals surface area (Å²) in [5.74, 6) is -0.0127. The third-order valence-corrected chi connectivity index (χ3v) is 4.43. The van der Waals surface area contributed by atoms with Crippen molar-refractivity contribution >= 4 is 23.6 Å². The van der Waals surface area contributed by atoms with Gasteiger partial charge in [0, 0.05) is 30.9 Å². The monoisotopic (exact) mass is 301 g/mol. The lowest BCUT2D eigenvalue weighted by molar-refractivity contribution is -0.138. The van der Waals surface area contributed by atoms with Crippen molar-refractivity contribution in [2.45, 2.75) is 63.4 Å². The highest BCUT2D eigenvalue weighted by Gasteiger charge is 2.40. The highest BCUT2D eigenvalue weighted by molar-refractivity contribution is 8.01. The molecule has 1 heterocycles. The number of ether oxygens (including phenoxy) is 1. The number of rotatable bonds is 8. The van der Waals surface area contributed by atoms with Crippen LogP contribution >= 0.6 is 11.8 Å². The molecule has 20 heavy (non-hydrogen) atoms. The largest absolute Gasteiger partial charge is 0.382 e. The maximum Gasteiger partial charge on any atom is 0.242 e. The van der Waals surface area contributed by atoms with E-state index in [2.05, 4.69) is 20.8 Å². The van der Waals surface area contributed by atoms with Gasteiger partial charge in [0.1, 0.15) is 0 Å². The van der Waals surface area contributed by atoms with Crippen LogP contribution in [0.5, 0.6) is 0 Å². The van der Waals surface area contributed by atoms with Crippen LogP contribution in [0.3, 0.4) is 0 Å². The van der Waals surface area contributed by atoms with Crippen LogP contribution in [0.25, 0.3) is 0 Å². The quantitative estimate of drug-likeness (QED) is 0.511. The Morgan fingerprint density at radius 3 is 2.55 bits per heavy atom. The molecule has 5 heteroatoms. The fraction of sp³-hybridized carbons (Fsp3) is 0.867. The minimum atomic E-state index is -0.189. The standard InChI is InChI=1S/C15H27NO3S/c1-5-19-10-8-6-7-9-16-13(17)11-12(14(16)18)20-15(2,3)4/h12H,5-11H2,1-4H3. The van der Waals surface area contributed by atoms with Crippen LogP contribution in [-0.2, 0) is 14.3 Å². The number of carbonyl (C=O) groups excluding carboxylic acids is 2. The predicted molar refractivity (Wildman–Crippen MR) is 82.8 cm³/mol. The molecule has 0 aromatic heterocycles. The molecule has 1 atom stereocenters. The van der Waals surface area contributed by atoms with Crippen molar-refractivity contribution in [2.75, 3.05) is 19.8 Å². The van der Waals surface area contributed by atoms with Gasteiger partial charge in [-0.2, -0.15) is 0 Å². The van der Waals surface area contributed by atoms with E-state index < -0.39 is 0 Å². The topological polar surface area (TPSA) is 46.6 Å². The summed E-state index contributed by atoms with van der Waals surface area (Å²) in [4.78, 5) is 25.6. The highest BCUT2D eigenvalue weighted by atomic mass is 32.2. The van der Waals surface area contributed by atoms with Crippen molar-refractivity contribution in [3.8, 4) is 0 Å². The number of unbranched alkanes of at least 4 members (excludes halogenated alkanes) is 2. The lowest BCUT2D eigenvalue weighted by Crippen LogP contribution is -2.33. The molecule has 1 fully saturated rings. The fourth-order valence-corrected chi connectivity index (χ4v) is 3.51. The van der Waals surface area contributed by atoms with Gasteiger partial charge in [-0.1, -0.05) is 20.8 Å². The summed E-state index contributed by atoms with van der Waals surface area (Å²) >= 11 is 1.60. The minimum Gasteiger partial charge on any atom is -0.382 e. The van der Waals surface area contributed by atoms with Gasteiger partial charge in [0.25, 0.3) is 0 Å².